The number of nitrogens with zero attached hydrogens (tertiary/aromatic N) is 1. The lowest BCUT2D eigenvalue weighted by Gasteiger charge is -2.23. The SMILES string of the molecule is CC(C)C(NC(=O)C(CCCN=C(N)N)NC(=O)CNC(=O)C(N)CC(=O)O)C(=O)O. The second kappa shape index (κ2) is 13.7. The summed E-state index contributed by atoms with van der Waals surface area (Å²) in [6.45, 7) is 2.84. The van der Waals surface area contributed by atoms with Crippen molar-refractivity contribution in [2.75, 3.05) is 13.1 Å². The molecule has 14 heteroatoms. The van der Waals surface area contributed by atoms with Crippen molar-refractivity contribution in [3.8, 4) is 0 Å². The van der Waals surface area contributed by atoms with Gasteiger partial charge in [0.05, 0.1) is 19.0 Å². The van der Waals surface area contributed by atoms with Crippen molar-refractivity contribution in [1.82, 2.24) is 16.0 Å². The Kier molecular flexibility index (Phi) is 12.2. The second-order valence-corrected chi connectivity index (χ2v) is 7.06. The molecule has 176 valence electrons. The molecule has 11 N–H and O–H groups in total. The number of hydrogen-bond acceptors (Lipinski definition) is 7. The van der Waals surface area contributed by atoms with Crippen LogP contribution in [0.5, 0.6) is 0 Å². The van der Waals surface area contributed by atoms with Crippen LogP contribution in [0.25, 0.3) is 0 Å². The molecule has 3 atom stereocenters. The number of carbonyl (C=O) groups is 5. The Bertz CT molecular complexity index is 692. The molecule has 0 spiro atoms. The van der Waals surface area contributed by atoms with Gasteiger partial charge in [-0.05, 0) is 18.8 Å². The van der Waals surface area contributed by atoms with Crippen molar-refractivity contribution in [3.05, 3.63) is 0 Å². The number of amides is 3. The average Bonchev–Trinajstić information content (AvgIpc) is 2.64. The van der Waals surface area contributed by atoms with Gasteiger partial charge >= 0.3 is 11.9 Å². The Labute approximate surface area is 179 Å². The standard InChI is InChI=1S/C17H31N7O7/c1-8(2)13(16(30)31)24-15(29)10(4-3-5-21-17(19)20)23-11(25)7-22-14(28)9(18)6-12(26)27/h8-10,13H,3-7,18H2,1-2H3,(H,22,28)(H,23,25)(H,24,29)(H,26,27)(H,30,31)(H4,19,20,21). The van der Waals surface area contributed by atoms with E-state index in [9.17, 15) is 29.1 Å². The molecule has 0 aliphatic heterocycles. The summed E-state index contributed by atoms with van der Waals surface area (Å²) in [6.07, 6.45) is -0.230. The van der Waals surface area contributed by atoms with Crippen LogP contribution >= 0.6 is 0 Å². The summed E-state index contributed by atoms with van der Waals surface area (Å²) >= 11 is 0. The van der Waals surface area contributed by atoms with Crippen molar-refractivity contribution in [2.24, 2.45) is 28.1 Å². The summed E-state index contributed by atoms with van der Waals surface area (Å²) in [5.74, 6) is -5.39. The zero-order valence-corrected chi connectivity index (χ0v) is 17.5. The Hall–Kier alpha value is -3.42. The van der Waals surface area contributed by atoms with Crippen molar-refractivity contribution in [2.45, 2.75) is 51.2 Å². The topological polar surface area (TPSA) is 252 Å². The number of aliphatic imine (C=N–C) groups is 1. The molecule has 0 fully saturated rings. The molecule has 3 unspecified atom stereocenters. The maximum absolute atomic E-state index is 12.5. The third kappa shape index (κ3) is 12.0. The number of aliphatic carboxylic acids is 2. The van der Waals surface area contributed by atoms with E-state index in [-0.39, 0.29) is 18.9 Å². The maximum atomic E-state index is 12.5. The molecule has 0 aliphatic carbocycles. The van der Waals surface area contributed by atoms with Crippen molar-refractivity contribution in [3.63, 3.8) is 0 Å². The normalized spacial score (nSPS) is 13.4. The maximum Gasteiger partial charge on any atom is 0.326 e. The van der Waals surface area contributed by atoms with E-state index in [0.717, 1.165) is 0 Å². The molecule has 0 aromatic heterocycles. The van der Waals surface area contributed by atoms with Gasteiger partial charge in [-0.1, -0.05) is 13.8 Å². The fraction of sp³-hybridized carbons (Fsp3) is 0.647. The molecule has 0 heterocycles. The van der Waals surface area contributed by atoms with Crippen LogP contribution in [0.2, 0.25) is 0 Å². The van der Waals surface area contributed by atoms with Crippen LogP contribution in [-0.4, -0.2) is 77.0 Å². The lowest BCUT2D eigenvalue weighted by atomic mass is 10.0. The van der Waals surface area contributed by atoms with Crippen LogP contribution in [0.4, 0.5) is 0 Å². The van der Waals surface area contributed by atoms with Gasteiger partial charge in [-0.3, -0.25) is 24.2 Å². The third-order valence-corrected chi connectivity index (χ3v) is 3.98. The van der Waals surface area contributed by atoms with Gasteiger partial charge < -0.3 is 43.4 Å². The highest BCUT2D eigenvalue weighted by Gasteiger charge is 2.28. The van der Waals surface area contributed by atoms with Gasteiger partial charge in [0.2, 0.25) is 17.7 Å². The highest BCUT2D eigenvalue weighted by Crippen LogP contribution is 2.05. The minimum atomic E-state index is -1.34. The Morgan fingerprint density at radius 1 is 1.00 bits per heavy atom. The molecule has 0 rings (SSSR count). The lowest BCUT2D eigenvalue weighted by Crippen LogP contribution is -2.54. The summed E-state index contributed by atoms with van der Waals surface area (Å²) in [5.41, 5.74) is 15.9. The fourth-order valence-electron chi connectivity index (χ4n) is 2.36. The van der Waals surface area contributed by atoms with Crippen LogP contribution in [0.3, 0.4) is 0 Å². The number of guanidine groups is 1. The van der Waals surface area contributed by atoms with Crippen LogP contribution in [-0.2, 0) is 24.0 Å². The second-order valence-electron chi connectivity index (χ2n) is 7.06. The number of nitrogens with one attached hydrogen (secondary N) is 3. The van der Waals surface area contributed by atoms with Gasteiger partial charge in [-0.15, -0.1) is 0 Å². The number of hydrogen-bond donors (Lipinski definition) is 8. The minimum absolute atomic E-state index is 0.0886. The average molecular weight is 445 g/mol. The predicted octanol–water partition coefficient (Wildman–Crippen LogP) is -3.33. The van der Waals surface area contributed by atoms with E-state index in [1.807, 2.05) is 0 Å². The van der Waals surface area contributed by atoms with Crippen molar-refractivity contribution in [1.29, 1.82) is 0 Å². The van der Waals surface area contributed by atoms with Gasteiger partial charge in [0, 0.05) is 6.54 Å². The van der Waals surface area contributed by atoms with Gasteiger partial charge in [-0.25, -0.2) is 4.79 Å². The van der Waals surface area contributed by atoms with E-state index in [4.69, 9.17) is 22.3 Å². The monoisotopic (exact) mass is 445 g/mol. The number of carboxylic acid groups (broad SMARTS) is 2. The van der Waals surface area contributed by atoms with Crippen LogP contribution < -0.4 is 33.2 Å². The van der Waals surface area contributed by atoms with E-state index in [2.05, 4.69) is 20.9 Å². The Morgan fingerprint density at radius 2 is 1.61 bits per heavy atom. The lowest BCUT2D eigenvalue weighted by molar-refractivity contribution is -0.143. The summed E-state index contributed by atoms with van der Waals surface area (Å²) in [4.78, 5) is 62.1. The molecular formula is C17H31N7O7. The van der Waals surface area contributed by atoms with Crippen LogP contribution in [0, 0.1) is 5.92 Å². The number of nitrogens with two attached hydrogens (primary N) is 3. The van der Waals surface area contributed by atoms with E-state index < -0.39 is 66.7 Å². The predicted molar refractivity (Wildman–Crippen MR) is 109 cm³/mol. The van der Waals surface area contributed by atoms with Crippen LogP contribution in [0.1, 0.15) is 33.1 Å². The molecule has 0 aromatic rings. The first-order chi connectivity index (χ1) is 14.3. The molecule has 31 heavy (non-hydrogen) atoms. The first-order valence-corrected chi connectivity index (χ1v) is 9.48. The summed E-state index contributed by atoms with van der Waals surface area (Å²) < 4.78 is 0. The molecule has 3 amide bonds. The molecule has 0 aromatic carbocycles. The van der Waals surface area contributed by atoms with Gasteiger partial charge in [0.25, 0.3) is 0 Å². The van der Waals surface area contributed by atoms with E-state index in [1.165, 1.54) is 0 Å². The Balaban J connectivity index is 5.02. The molecular weight excluding hydrogens is 414 g/mol. The first-order valence-electron chi connectivity index (χ1n) is 9.48. The smallest absolute Gasteiger partial charge is 0.326 e. The van der Waals surface area contributed by atoms with Crippen LogP contribution in [0.15, 0.2) is 4.99 Å². The van der Waals surface area contributed by atoms with Crippen molar-refractivity contribution < 1.29 is 34.2 Å². The molecule has 0 aliphatic rings. The summed E-state index contributed by atoms with van der Waals surface area (Å²) in [6, 6.07) is -3.63. The largest absolute Gasteiger partial charge is 0.481 e. The van der Waals surface area contributed by atoms with Gasteiger partial charge in [-0.2, -0.15) is 0 Å². The number of carbonyl (C=O) groups excluding carboxylic acids is 3. The van der Waals surface area contributed by atoms with Gasteiger partial charge in [0.15, 0.2) is 5.96 Å². The third-order valence-electron chi connectivity index (χ3n) is 3.98. The molecule has 14 nitrogen and oxygen atoms in total. The zero-order chi connectivity index (χ0) is 24.1. The zero-order valence-electron chi connectivity index (χ0n) is 17.5. The Morgan fingerprint density at radius 3 is 2.10 bits per heavy atom. The van der Waals surface area contributed by atoms with Crippen molar-refractivity contribution >= 4 is 35.6 Å². The number of carboxylic acids is 2. The highest BCUT2D eigenvalue weighted by atomic mass is 16.4. The molecule has 0 radical (unpaired) electrons. The quantitative estimate of drug-likeness (QED) is 0.0749. The first kappa shape index (κ1) is 27.6. The molecule has 0 saturated heterocycles. The van der Waals surface area contributed by atoms with E-state index in [1.54, 1.807) is 13.8 Å². The van der Waals surface area contributed by atoms with E-state index in [0.29, 0.717) is 6.42 Å². The minimum Gasteiger partial charge on any atom is -0.481 e. The summed E-state index contributed by atoms with van der Waals surface area (Å²) in [5, 5.41) is 24.8. The number of rotatable bonds is 14. The van der Waals surface area contributed by atoms with E-state index >= 15 is 0 Å². The molecule has 0 bridgehead atoms. The molecule has 0 saturated carbocycles. The highest BCUT2D eigenvalue weighted by molar-refractivity contribution is 5.93. The fourth-order valence-corrected chi connectivity index (χ4v) is 2.36. The van der Waals surface area contributed by atoms with Gasteiger partial charge in [0.1, 0.15) is 12.1 Å². The summed E-state index contributed by atoms with van der Waals surface area (Å²) in [7, 11) is 0.